The van der Waals surface area contributed by atoms with E-state index in [1.165, 1.54) is 12.1 Å². The number of guanidine groups is 1. The highest BCUT2D eigenvalue weighted by molar-refractivity contribution is 5.93. The van der Waals surface area contributed by atoms with Gasteiger partial charge < -0.3 is 25.4 Å². The third kappa shape index (κ3) is 5.95. The molecule has 1 fully saturated rings. The molecule has 0 aromatic heterocycles. The summed E-state index contributed by atoms with van der Waals surface area (Å²) in [5.41, 5.74) is 6.08. The highest BCUT2D eigenvalue weighted by Gasteiger charge is 2.30. The fraction of sp³-hybridized carbons (Fsp3) is 0.429. The highest BCUT2D eigenvalue weighted by atomic mass is 19.4. The van der Waals surface area contributed by atoms with Gasteiger partial charge in [-0.05, 0) is 24.3 Å². The van der Waals surface area contributed by atoms with Crippen LogP contribution < -0.4 is 15.8 Å². The lowest BCUT2D eigenvalue weighted by Crippen LogP contribution is -2.42. The Bertz CT molecular complexity index is 584. The van der Waals surface area contributed by atoms with E-state index in [2.05, 4.69) is 15.0 Å². The predicted octanol–water partition coefficient (Wildman–Crippen LogP) is 1.17. The van der Waals surface area contributed by atoms with Gasteiger partial charge in [-0.25, -0.2) is 4.99 Å². The minimum Gasteiger partial charge on any atom is -0.406 e. The molecule has 1 aliphatic heterocycles. The van der Waals surface area contributed by atoms with E-state index in [1.54, 1.807) is 4.90 Å². The molecule has 0 bridgehead atoms. The van der Waals surface area contributed by atoms with Gasteiger partial charge in [0, 0.05) is 18.8 Å². The molecule has 1 heterocycles. The normalized spacial score (nSPS) is 16.0. The monoisotopic (exact) mass is 346 g/mol. The molecule has 0 atom stereocenters. The van der Waals surface area contributed by atoms with Gasteiger partial charge in [-0.1, -0.05) is 0 Å². The van der Waals surface area contributed by atoms with E-state index in [0.717, 1.165) is 12.1 Å². The number of benzene rings is 1. The number of hydrogen-bond acceptors (Lipinski definition) is 4. The van der Waals surface area contributed by atoms with Gasteiger partial charge in [-0.3, -0.25) is 4.79 Å². The minimum atomic E-state index is -4.74. The van der Waals surface area contributed by atoms with Crippen LogP contribution in [0.25, 0.3) is 0 Å². The summed E-state index contributed by atoms with van der Waals surface area (Å²) in [6.45, 7) is 1.91. The van der Waals surface area contributed by atoms with E-state index in [0.29, 0.717) is 32.0 Å². The zero-order valence-corrected chi connectivity index (χ0v) is 12.7. The first-order valence-electron chi connectivity index (χ1n) is 7.12. The van der Waals surface area contributed by atoms with E-state index in [9.17, 15) is 18.0 Å². The summed E-state index contributed by atoms with van der Waals surface area (Å²) >= 11 is 0. The van der Waals surface area contributed by atoms with Gasteiger partial charge in [0.2, 0.25) is 5.91 Å². The average Bonchev–Trinajstić information content (AvgIpc) is 2.54. The zero-order valence-electron chi connectivity index (χ0n) is 12.7. The second-order valence-corrected chi connectivity index (χ2v) is 4.89. The maximum Gasteiger partial charge on any atom is 0.573 e. The lowest BCUT2D eigenvalue weighted by Gasteiger charge is -2.26. The predicted molar refractivity (Wildman–Crippen MR) is 80.6 cm³/mol. The van der Waals surface area contributed by atoms with Gasteiger partial charge in [-0.15, -0.1) is 13.2 Å². The van der Waals surface area contributed by atoms with E-state index in [1.807, 2.05) is 0 Å². The van der Waals surface area contributed by atoms with Gasteiger partial charge in [-0.2, -0.15) is 0 Å². The first-order chi connectivity index (χ1) is 11.3. The van der Waals surface area contributed by atoms with Crippen molar-refractivity contribution in [2.45, 2.75) is 6.36 Å². The molecule has 0 saturated carbocycles. The standard InChI is InChI=1S/C14H17F3N4O3/c15-14(16,17)24-11-3-1-10(2-4-11)20-13(18)19-9-12(22)21-5-7-23-8-6-21/h1-4H,5-9H2,(H3,18,19,20). The van der Waals surface area contributed by atoms with Crippen molar-refractivity contribution in [3.63, 3.8) is 0 Å². The summed E-state index contributed by atoms with van der Waals surface area (Å²) in [6, 6.07) is 4.99. The maximum absolute atomic E-state index is 12.1. The number of alkyl halides is 3. The molecular weight excluding hydrogens is 329 g/mol. The van der Waals surface area contributed by atoms with Crippen LogP contribution in [0.4, 0.5) is 18.9 Å². The molecule has 0 unspecified atom stereocenters. The number of carbonyl (C=O) groups excluding carboxylic acids is 1. The SMILES string of the molecule is NC(=NCC(=O)N1CCOCC1)Nc1ccc(OC(F)(F)F)cc1. The fourth-order valence-electron chi connectivity index (χ4n) is 1.99. The number of amides is 1. The molecule has 1 aliphatic rings. The Hall–Kier alpha value is -2.49. The van der Waals surface area contributed by atoms with Crippen LogP contribution in [0.2, 0.25) is 0 Å². The van der Waals surface area contributed by atoms with E-state index >= 15 is 0 Å². The van der Waals surface area contributed by atoms with E-state index < -0.39 is 6.36 Å². The second kappa shape index (κ2) is 7.86. The number of rotatable bonds is 4. The smallest absolute Gasteiger partial charge is 0.406 e. The Morgan fingerprint density at radius 3 is 2.50 bits per heavy atom. The third-order valence-corrected chi connectivity index (χ3v) is 3.11. The van der Waals surface area contributed by atoms with Crippen molar-refractivity contribution in [2.24, 2.45) is 10.7 Å². The lowest BCUT2D eigenvalue weighted by molar-refractivity contribution is -0.274. The Kier molecular flexibility index (Phi) is 5.85. The van der Waals surface area contributed by atoms with Gasteiger partial charge in [0.1, 0.15) is 12.3 Å². The van der Waals surface area contributed by atoms with Crippen molar-refractivity contribution in [2.75, 3.05) is 38.2 Å². The van der Waals surface area contributed by atoms with Crippen LogP contribution >= 0.6 is 0 Å². The Morgan fingerprint density at radius 1 is 1.29 bits per heavy atom. The number of halogens is 3. The van der Waals surface area contributed by atoms with Crippen molar-refractivity contribution < 1.29 is 27.4 Å². The van der Waals surface area contributed by atoms with Crippen molar-refractivity contribution in [3.8, 4) is 5.75 Å². The fourth-order valence-corrected chi connectivity index (χ4v) is 1.99. The number of carbonyl (C=O) groups is 1. The molecule has 0 radical (unpaired) electrons. The van der Waals surface area contributed by atoms with Gasteiger partial charge in [0.05, 0.1) is 13.2 Å². The molecule has 2 rings (SSSR count). The Balaban J connectivity index is 1.84. The van der Waals surface area contributed by atoms with Gasteiger partial charge in [0.15, 0.2) is 5.96 Å². The first kappa shape index (κ1) is 17.9. The molecule has 1 amide bonds. The topological polar surface area (TPSA) is 89.2 Å². The number of ether oxygens (including phenoxy) is 2. The molecule has 1 aromatic rings. The summed E-state index contributed by atoms with van der Waals surface area (Å²) in [7, 11) is 0. The number of nitrogens with two attached hydrogens (primary N) is 1. The Morgan fingerprint density at radius 2 is 1.92 bits per heavy atom. The zero-order chi connectivity index (χ0) is 17.6. The van der Waals surface area contributed by atoms with Crippen molar-refractivity contribution in [3.05, 3.63) is 24.3 Å². The van der Waals surface area contributed by atoms with Gasteiger partial charge in [0.25, 0.3) is 0 Å². The molecule has 1 saturated heterocycles. The molecule has 1 aromatic carbocycles. The van der Waals surface area contributed by atoms with Crippen LogP contribution in [-0.2, 0) is 9.53 Å². The maximum atomic E-state index is 12.1. The summed E-state index contributed by atoms with van der Waals surface area (Å²) < 4.78 is 45.1. The first-order valence-corrected chi connectivity index (χ1v) is 7.12. The number of nitrogens with one attached hydrogen (secondary N) is 1. The largest absolute Gasteiger partial charge is 0.573 e. The van der Waals surface area contributed by atoms with Crippen molar-refractivity contribution >= 4 is 17.6 Å². The van der Waals surface area contributed by atoms with Crippen LogP contribution in [0, 0.1) is 0 Å². The van der Waals surface area contributed by atoms with Gasteiger partial charge >= 0.3 is 6.36 Å². The number of aliphatic imine (C=N–C) groups is 1. The van der Waals surface area contributed by atoms with E-state index in [-0.39, 0.29) is 24.2 Å². The molecule has 0 spiro atoms. The molecule has 132 valence electrons. The lowest BCUT2D eigenvalue weighted by atomic mass is 10.3. The third-order valence-electron chi connectivity index (χ3n) is 3.11. The summed E-state index contributed by atoms with van der Waals surface area (Å²) in [5.74, 6) is -0.524. The summed E-state index contributed by atoms with van der Waals surface area (Å²) in [4.78, 5) is 17.4. The van der Waals surface area contributed by atoms with Crippen molar-refractivity contribution in [1.29, 1.82) is 0 Å². The van der Waals surface area contributed by atoms with E-state index in [4.69, 9.17) is 10.5 Å². The highest BCUT2D eigenvalue weighted by Crippen LogP contribution is 2.23. The van der Waals surface area contributed by atoms with Crippen LogP contribution in [0.1, 0.15) is 0 Å². The number of anilines is 1. The van der Waals surface area contributed by atoms with Crippen LogP contribution in [0.5, 0.6) is 5.75 Å². The average molecular weight is 346 g/mol. The molecule has 24 heavy (non-hydrogen) atoms. The van der Waals surface area contributed by atoms with Crippen LogP contribution in [0.3, 0.4) is 0 Å². The number of nitrogens with zero attached hydrogens (tertiary/aromatic N) is 2. The number of hydrogen-bond donors (Lipinski definition) is 2. The molecule has 10 heteroatoms. The molecular formula is C14H17F3N4O3. The van der Waals surface area contributed by atoms with Crippen LogP contribution in [-0.4, -0.2) is 56.0 Å². The molecule has 7 nitrogen and oxygen atoms in total. The summed E-state index contributed by atoms with van der Waals surface area (Å²) in [6.07, 6.45) is -4.74. The minimum absolute atomic E-state index is 0.0129. The van der Waals surface area contributed by atoms with Crippen LogP contribution in [0.15, 0.2) is 29.3 Å². The second-order valence-electron chi connectivity index (χ2n) is 4.89. The van der Waals surface area contributed by atoms with Crippen molar-refractivity contribution in [1.82, 2.24) is 4.90 Å². The number of morpholine rings is 1. The summed E-state index contributed by atoms with van der Waals surface area (Å²) in [5, 5.41) is 2.69. The Labute approximate surface area is 136 Å². The quantitative estimate of drug-likeness (QED) is 0.631. The molecule has 3 N–H and O–H groups in total. The molecule has 0 aliphatic carbocycles.